The van der Waals surface area contributed by atoms with Gasteiger partial charge in [-0.25, -0.2) is 19.0 Å². The van der Waals surface area contributed by atoms with Gasteiger partial charge in [-0.05, 0) is 6.42 Å². The molecule has 2 heterocycles. The maximum Gasteiger partial charge on any atom is 0.353 e. The van der Waals surface area contributed by atoms with Gasteiger partial charge >= 0.3 is 17.3 Å². The van der Waals surface area contributed by atoms with Crippen molar-refractivity contribution < 1.29 is 9.53 Å². The van der Waals surface area contributed by atoms with E-state index in [2.05, 4.69) is 4.74 Å². The summed E-state index contributed by atoms with van der Waals surface area (Å²) >= 11 is 0. The number of esters is 1. The number of hydrogen-bond acceptors (Lipinski definition) is 4. The number of carbonyl (C=O) groups excluding carboxylic acids is 1. The van der Waals surface area contributed by atoms with Gasteiger partial charge in [0.1, 0.15) is 0 Å². The number of rotatable bonds is 3. The lowest BCUT2D eigenvalue weighted by atomic mass is 10.5. The van der Waals surface area contributed by atoms with Crippen molar-refractivity contribution in [2.24, 2.45) is 0 Å². The van der Waals surface area contributed by atoms with Crippen LogP contribution in [0.2, 0.25) is 0 Å². The Morgan fingerprint density at radius 3 is 2.27 bits per heavy atom. The van der Waals surface area contributed by atoms with Crippen LogP contribution in [-0.4, -0.2) is 27.0 Å². The van der Waals surface area contributed by atoms with E-state index >= 15 is 0 Å². The summed E-state index contributed by atoms with van der Waals surface area (Å²) in [5.41, 5.74) is -0.894. The smallest absolute Gasteiger partial charge is 0.353 e. The number of aromatic nitrogens is 3. The van der Waals surface area contributed by atoms with E-state index in [1.54, 1.807) is 0 Å². The highest BCUT2D eigenvalue weighted by molar-refractivity contribution is 5.75. The molecule has 1 aliphatic rings. The molecule has 7 nitrogen and oxygen atoms in total. The third kappa shape index (κ3) is 1.15. The third-order valence-electron chi connectivity index (χ3n) is 2.35. The fraction of sp³-hybridized carbons (Fsp3) is 0.625. The van der Waals surface area contributed by atoms with E-state index in [-0.39, 0.29) is 0 Å². The molecule has 1 aliphatic heterocycles. The molecule has 0 spiro atoms. The van der Waals surface area contributed by atoms with Crippen LogP contribution >= 0.6 is 0 Å². The molecule has 82 valence electrons. The monoisotopic (exact) mass is 213 g/mol. The second-order valence-electron chi connectivity index (χ2n) is 3.30. The molecule has 0 N–H and O–H groups in total. The zero-order valence-corrected chi connectivity index (χ0v) is 8.47. The third-order valence-corrected chi connectivity index (χ3v) is 2.35. The van der Waals surface area contributed by atoms with Gasteiger partial charge in [-0.3, -0.25) is 0 Å². The molecule has 0 saturated carbocycles. The Kier molecular flexibility index (Phi) is 2.02. The van der Waals surface area contributed by atoms with Gasteiger partial charge in [-0.2, -0.15) is 9.36 Å². The van der Waals surface area contributed by atoms with Crippen molar-refractivity contribution in [1.29, 1.82) is 0 Å². The van der Waals surface area contributed by atoms with Crippen LogP contribution in [0.25, 0.3) is 0 Å². The number of carbonyl (C=O) groups is 1. The fourth-order valence-electron chi connectivity index (χ4n) is 1.61. The SMILES string of the molecule is CCCn1c(=O)n2n(c1=O)C2C(=O)OC. The molecule has 2 rings (SSSR count). The first-order chi connectivity index (χ1) is 7.13. The van der Waals surface area contributed by atoms with Crippen LogP contribution in [-0.2, 0) is 16.1 Å². The average molecular weight is 213 g/mol. The average Bonchev–Trinajstić information content (AvgIpc) is 2.92. The number of nitrogens with zero attached hydrogens (tertiary/aromatic N) is 3. The van der Waals surface area contributed by atoms with Gasteiger partial charge in [0.15, 0.2) is 0 Å². The standard InChI is InChI=1S/C8H11N3O4/c1-3-4-9-7(13)10-5(6(12)15-2)11(10)8(9)14/h5H,3-4H2,1-2H3. The first-order valence-corrected chi connectivity index (χ1v) is 4.65. The van der Waals surface area contributed by atoms with Gasteiger partial charge in [0.05, 0.1) is 7.11 Å². The summed E-state index contributed by atoms with van der Waals surface area (Å²) in [6.45, 7) is 2.24. The highest BCUT2D eigenvalue weighted by Crippen LogP contribution is 2.19. The van der Waals surface area contributed by atoms with Gasteiger partial charge in [0.25, 0.3) is 0 Å². The number of methoxy groups -OCH3 is 1. The zero-order chi connectivity index (χ0) is 11.2. The molecule has 0 unspecified atom stereocenters. The minimum absolute atomic E-state index is 0.374. The fourth-order valence-corrected chi connectivity index (χ4v) is 1.61. The van der Waals surface area contributed by atoms with Crippen molar-refractivity contribution in [3.8, 4) is 0 Å². The van der Waals surface area contributed by atoms with Crippen molar-refractivity contribution in [2.45, 2.75) is 26.1 Å². The van der Waals surface area contributed by atoms with E-state index in [1.165, 1.54) is 7.11 Å². The number of hydrogen-bond donors (Lipinski definition) is 0. The van der Waals surface area contributed by atoms with Gasteiger partial charge in [-0.15, -0.1) is 0 Å². The van der Waals surface area contributed by atoms with E-state index < -0.39 is 23.5 Å². The predicted octanol–water partition coefficient (Wildman–Crippen LogP) is -1.25. The second-order valence-corrected chi connectivity index (χ2v) is 3.30. The molecule has 0 saturated heterocycles. The van der Waals surface area contributed by atoms with Crippen molar-refractivity contribution in [3.05, 3.63) is 21.0 Å². The number of fused-ring (bicyclic) bond motifs is 1. The van der Waals surface area contributed by atoms with Crippen LogP contribution < -0.4 is 11.4 Å². The van der Waals surface area contributed by atoms with Crippen molar-refractivity contribution in [1.82, 2.24) is 13.9 Å². The van der Waals surface area contributed by atoms with Gasteiger partial charge in [0, 0.05) is 6.54 Å². The van der Waals surface area contributed by atoms with E-state index in [9.17, 15) is 14.4 Å². The van der Waals surface area contributed by atoms with Crippen LogP contribution in [0.1, 0.15) is 19.5 Å². The molecule has 0 atom stereocenters. The van der Waals surface area contributed by atoms with Crippen molar-refractivity contribution >= 4 is 5.97 Å². The highest BCUT2D eigenvalue weighted by Gasteiger charge is 2.45. The summed E-state index contributed by atoms with van der Waals surface area (Å²) in [4.78, 5) is 34.2. The molecular weight excluding hydrogens is 202 g/mol. The molecule has 0 fully saturated rings. The van der Waals surface area contributed by atoms with Crippen LogP contribution in [0.15, 0.2) is 9.59 Å². The predicted molar refractivity (Wildman–Crippen MR) is 49.7 cm³/mol. The summed E-state index contributed by atoms with van der Waals surface area (Å²) < 4.78 is 7.77. The summed E-state index contributed by atoms with van der Waals surface area (Å²) in [6.07, 6.45) is -0.148. The lowest BCUT2D eigenvalue weighted by molar-refractivity contribution is -0.142. The second kappa shape index (κ2) is 3.11. The van der Waals surface area contributed by atoms with Crippen LogP contribution in [0, 0.1) is 0 Å². The summed E-state index contributed by atoms with van der Waals surface area (Å²) in [6, 6.07) is 0. The first-order valence-electron chi connectivity index (χ1n) is 4.65. The Morgan fingerprint density at radius 1 is 1.33 bits per heavy atom. The maximum absolute atomic E-state index is 11.6. The van der Waals surface area contributed by atoms with Crippen LogP contribution in [0.3, 0.4) is 0 Å². The molecule has 1 aromatic rings. The van der Waals surface area contributed by atoms with E-state index in [1.807, 2.05) is 6.92 Å². The summed E-state index contributed by atoms with van der Waals surface area (Å²) in [5.74, 6) is -0.590. The quantitative estimate of drug-likeness (QED) is 0.588. The van der Waals surface area contributed by atoms with Crippen LogP contribution in [0.4, 0.5) is 0 Å². The molecule has 15 heavy (non-hydrogen) atoms. The molecule has 0 amide bonds. The molecular formula is C8H11N3O4. The maximum atomic E-state index is 11.6. The van der Waals surface area contributed by atoms with Crippen LogP contribution in [0.5, 0.6) is 0 Å². The Morgan fingerprint density at radius 2 is 1.87 bits per heavy atom. The van der Waals surface area contributed by atoms with E-state index in [4.69, 9.17) is 0 Å². The van der Waals surface area contributed by atoms with E-state index in [0.29, 0.717) is 13.0 Å². The lowest BCUT2D eigenvalue weighted by Gasteiger charge is -1.97. The lowest BCUT2D eigenvalue weighted by Crippen LogP contribution is -2.34. The topological polar surface area (TPSA) is 75.2 Å². The molecule has 0 bridgehead atoms. The minimum atomic E-state index is -0.844. The normalized spacial score (nSPS) is 13.7. The molecule has 0 radical (unpaired) electrons. The van der Waals surface area contributed by atoms with Gasteiger partial charge in [0.2, 0.25) is 6.17 Å². The molecule has 0 aromatic carbocycles. The molecule has 1 aromatic heterocycles. The van der Waals surface area contributed by atoms with Crippen molar-refractivity contribution in [3.63, 3.8) is 0 Å². The Bertz CT molecular complexity index is 485. The van der Waals surface area contributed by atoms with Crippen molar-refractivity contribution in [2.75, 3.05) is 7.11 Å². The summed E-state index contributed by atoms with van der Waals surface area (Å²) in [5, 5.41) is 0. The van der Waals surface area contributed by atoms with Gasteiger partial charge < -0.3 is 4.74 Å². The Balaban J connectivity index is 2.40. The largest absolute Gasteiger partial charge is 0.466 e. The summed E-state index contributed by atoms with van der Waals surface area (Å²) in [7, 11) is 1.22. The van der Waals surface area contributed by atoms with Gasteiger partial charge in [-0.1, -0.05) is 6.92 Å². The highest BCUT2D eigenvalue weighted by atomic mass is 16.5. The first kappa shape index (κ1) is 9.75. The minimum Gasteiger partial charge on any atom is -0.466 e. The molecule has 7 heteroatoms. The Labute approximate surface area is 84.5 Å². The molecule has 0 aliphatic carbocycles. The van der Waals surface area contributed by atoms with E-state index in [0.717, 1.165) is 13.9 Å². The zero-order valence-electron chi connectivity index (χ0n) is 8.47. The Hall–Kier alpha value is -1.79. The number of ether oxygens (including phenoxy) is 1.